The normalized spacial score (nSPS) is 14.9. The summed E-state index contributed by atoms with van der Waals surface area (Å²) >= 11 is 5.97. The number of pyridine rings is 1. The lowest BCUT2D eigenvalue weighted by atomic mass is 10.1. The number of aliphatic hydroxyl groups is 1. The van der Waals surface area contributed by atoms with Crippen LogP contribution in [0.15, 0.2) is 18.3 Å². The second kappa shape index (κ2) is 6.05. The molecule has 0 radical (unpaired) electrons. The van der Waals surface area contributed by atoms with Gasteiger partial charge in [0.2, 0.25) is 0 Å². The highest BCUT2D eigenvalue weighted by Gasteiger charge is 2.10. The predicted octanol–water partition coefficient (Wildman–Crippen LogP) is 2.01. The smallest absolute Gasteiger partial charge is 0.133 e. The molecule has 15 heavy (non-hydrogen) atoms. The van der Waals surface area contributed by atoms with Gasteiger partial charge in [-0.05, 0) is 18.9 Å². The summed E-state index contributed by atoms with van der Waals surface area (Å²) in [5, 5.41) is 12.7. The van der Waals surface area contributed by atoms with E-state index in [0.717, 1.165) is 12.1 Å². The fourth-order valence-corrected chi connectivity index (χ4v) is 1.56. The highest BCUT2D eigenvalue weighted by molar-refractivity contribution is 6.30. The molecular weight excluding hydrogens is 212 g/mol. The number of halogens is 1. The molecule has 3 nitrogen and oxygen atoms in total. The highest BCUT2D eigenvalue weighted by atomic mass is 35.5. The fraction of sp³-hybridized carbons (Fsp3) is 0.545. The van der Waals surface area contributed by atoms with Gasteiger partial charge in [-0.2, -0.15) is 0 Å². The lowest BCUT2D eigenvalue weighted by Crippen LogP contribution is -2.26. The van der Waals surface area contributed by atoms with Crippen molar-refractivity contribution in [1.82, 2.24) is 10.3 Å². The van der Waals surface area contributed by atoms with Crippen LogP contribution < -0.4 is 5.32 Å². The summed E-state index contributed by atoms with van der Waals surface area (Å²) < 4.78 is 0. The second-order valence-electron chi connectivity index (χ2n) is 3.80. The maximum atomic E-state index is 8.89. The van der Waals surface area contributed by atoms with Gasteiger partial charge in [0.05, 0.1) is 0 Å². The molecule has 1 aromatic rings. The van der Waals surface area contributed by atoms with Crippen LogP contribution in [0.25, 0.3) is 0 Å². The van der Waals surface area contributed by atoms with E-state index < -0.39 is 0 Å². The van der Waals surface area contributed by atoms with Crippen molar-refractivity contribution in [3.8, 4) is 0 Å². The van der Waals surface area contributed by atoms with E-state index in [1.165, 1.54) is 0 Å². The Kier molecular flexibility index (Phi) is 5.02. The summed E-state index contributed by atoms with van der Waals surface area (Å²) in [6.07, 6.45) is 1.68. The van der Waals surface area contributed by atoms with Gasteiger partial charge in [-0.3, -0.25) is 0 Å². The first kappa shape index (κ1) is 12.4. The molecule has 84 valence electrons. The van der Waals surface area contributed by atoms with E-state index in [4.69, 9.17) is 16.7 Å². The number of aromatic nitrogens is 1. The Morgan fingerprint density at radius 3 is 2.87 bits per heavy atom. The molecule has 1 aromatic heterocycles. The molecule has 2 N–H and O–H groups in total. The minimum absolute atomic E-state index is 0.153. The molecule has 0 fully saturated rings. The predicted molar refractivity (Wildman–Crippen MR) is 61.9 cm³/mol. The minimum Gasteiger partial charge on any atom is -0.396 e. The number of aliphatic hydroxyl groups excluding tert-OH is 1. The first-order valence-electron chi connectivity index (χ1n) is 5.09. The molecular formula is C11H17ClN2O. The standard InChI is InChI=1S/C11H17ClN2O/c1-8(7-15)6-14-9(2)10-4-3-5-13-11(10)12/h3-5,8-9,14-15H,6-7H2,1-2H3. The average molecular weight is 229 g/mol. The number of hydrogen-bond donors (Lipinski definition) is 2. The maximum Gasteiger partial charge on any atom is 0.133 e. The van der Waals surface area contributed by atoms with Crippen molar-refractivity contribution in [2.24, 2.45) is 5.92 Å². The number of nitrogens with one attached hydrogen (secondary N) is 1. The van der Waals surface area contributed by atoms with E-state index in [1.54, 1.807) is 6.20 Å². The molecule has 0 aliphatic rings. The van der Waals surface area contributed by atoms with Crippen molar-refractivity contribution in [3.05, 3.63) is 29.0 Å². The number of hydrogen-bond acceptors (Lipinski definition) is 3. The SMILES string of the molecule is CC(CO)CNC(C)c1cccnc1Cl. The maximum absolute atomic E-state index is 8.89. The topological polar surface area (TPSA) is 45.1 Å². The van der Waals surface area contributed by atoms with Gasteiger partial charge in [0.15, 0.2) is 0 Å². The molecule has 4 heteroatoms. The Morgan fingerprint density at radius 1 is 1.53 bits per heavy atom. The van der Waals surface area contributed by atoms with Crippen molar-refractivity contribution >= 4 is 11.6 Å². The van der Waals surface area contributed by atoms with E-state index >= 15 is 0 Å². The zero-order valence-electron chi connectivity index (χ0n) is 9.07. The van der Waals surface area contributed by atoms with Gasteiger partial charge in [0, 0.05) is 31.0 Å². The molecule has 0 amide bonds. The number of nitrogens with zero attached hydrogens (tertiary/aromatic N) is 1. The Bertz CT molecular complexity index is 306. The molecule has 1 heterocycles. The van der Waals surface area contributed by atoms with Gasteiger partial charge in [-0.1, -0.05) is 24.6 Å². The lowest BCUT2D eigenvalue weighted by molar-refractivity contribution is 0.231. The van der Waals surface area contributed by atoms with Crippen LogP contribution in [0.5, 0.6) is 0 Å². The molecule has 0 bridgehead atoms. The molecule has 2 unspecified atom stereocenters. The first-order chi connectivity index (χ1) is 7.15. The van der Waals surface area contributed by atoms with Gasteiger partial charge >= 0.3 is 0 Å². The average Bonchev–Trinajstić information content (AvgIpc) is 2.26. The van der Waals surface area contributed by atoms with E-state index in [1.807, 2.05) is 26.0 Å². The van der Waals surface area contributed by atoms with Crippen LogP contribution in [0.3, 0.4) is 0 Å². The first-order valence-corrected chi connectivity index (χ1v) is 5.47. The fourth-order valence-electron chi connectivity index (χ4n) is 1.27. The van der Waals surface area contributed by atoms with Gasteiger partial charge in [0.25, 0.3) is 0 Å². The Hall–Kier alpha value is -0.640. The Balaban J connectivity index is 2.54. The van der Waals surface area contributed by atoms with Crippen LogP contribution in [0, 0.1) is 5.92 Å². The van der Waals surface area contributed by atoms with Crippen LogP contribution in [-0.2, 0) is 0 Å². The van der Waals surface area contributed by atoms with Crippen molar-refractivity contribution in [3.63, 3.8) is 0 Å². The van der Waals surface area contributed by atoms with Gasteiger partial charge in [-0.15, -0.1) is 0 Å². The molecule has 0 saturated heterocycles. The van der Waals surface area contributed by atoms with Crippen LogP contribution in [-0.4, -0.2) is 23.2 Å². The molecule has 2 atom stereocenters. The molecule has 0 aliphatic carbocycles. The third-order valence-corrected chi connectivity index (χ3v) is 2.65. The van der Waals surface area contributed by atoms with Gasteiger partial charge in [0.1, 0.15) is 5.15 Å². The van der Waals surface area contributed by atoms with Gasteiger partial charge < -0.3 is 10.4 Å². The van der Waals surface area contributed by atoms with Crippen LogP contribution in [0.2, 0.25) is 5.15 Å². The largest absolute Gasteiger partial charge is 0.396 e. The van der Waals surface area contributed by atoms with E-state index in [2.05, 4.69) is 10.3 Å². The summed E-state index contributed by atoms with van der Waals surface area (Å²) in [5.74, 6) is 0.253. The zero-order chi connectivity index (χ0) is 11.3. The summed E-state index contributed by atoms with van der Waals surface area (Å²) in [6, 6.07) is 3.98. The van der Waals surface area contributed by atoms with Crippen LogP contribution in [0.1, 0.15) is 25.5 Å². The zero-order valence-corrected chi connectivity index (χ0v) is 9.83. The summed E-state index contributed by atoms with van der Waals surface area (Å²) in [7, 11) is 0. The summed E-state index contributed by atoms with van der Waals surface area (Å²) in [4.78, 5) is 4.02. The van der Waals surface area contributed by atoms with Crippen LogP contribution in [0.4, 0.5) is 0 Å². The quantitative estimate of drug-likeness (QED) is 0.758. The van der Waals surface area contributed by atoms with Crippen molar-refractivity contribution in [2.45, 2.75) is 19.9 Å². The van der Waals surface area contributed by atoms with Crippen molar-refractivity contribution in [1.29, 1.82) is 0 Å². The third kappa shape index (κ3) is 3.78. The monoisotopic (exact) mass is 228 g/mol. The molecule has 0 saturated carbocycles. The molecule has 1 rings (SSSR count). The van der Waals surface area contributed by atoms with Crippen LogP contribution >= 0.6 is 11.6 Å². The second-order valence-corrected chi connectivity index (χ2v) is 4.16. The molecule has 0 aromatic carbocycles. The van der Waals surface area contributed by atoms with E-state index in [0.29, 0.717) is 5.15 Å². The summed E-state index contributed by atoms with van der Waals surface area (Å²) in [5.41, 5.74) is 0.990. The Morgan fingerprint density at radius 2 is 2.27 bits per heavy atom. The van der Waals surface area contributed by atoms with E-state index in [-0.39, 0.29) is 18.6 Å². The minimum atomic E-state index is 0.153. The highest BCUT2D eigenvalue weighted by Crippen LogP contribution is 2.19. The van der Waals surface area contributed by atoms with E-state index in [9.17, 15) is 0 Å². The summed E-state index contributed by atoms with van der Waals surface area (Å²) in [6.45, 7) is 4.99. The molecule has 0 aliphatic heterocycles. The van der Waals surface area contributed by atoms with Crippen molar-refractivity contribution in [2.75, 3.05) is 13.2 Å². The van der Waals surface area contributed by atoms with Crippen molar-refractivity contribution < 1.29 is 5.11 Å². The van der Waals surface area contributed by atoms with Gasteiger partial charge in [-0.25, -0.2) is 4.98 Å². The number of rotatable bonds is 5. The Labute approximate surface area is 95.5 Å². The molecule has 0 spiro atoms. The third-order valence-electron chi connectivity index (χ3n) is 2.34. The lowest BCUT2D eigenvalue weighted by Gasteiger charge is -2.17.